The summed E-state index contributed by atoms with van der Waals surface area (Å²) in [6.07, 6.45) is 56.1. The van der Waals surface area contributed by atoms with Crippen LogP contribution in [0.15, 0.2) is 85.1 Å². The number of aliphatic hydroxyl groups excluding tert-OH is 1. The van der Waals surface area contributed by atoms with Gasteiger partial charge < -0.3 is 25.2 Å². The summed E-state index contributed by atoms with van der Waals surface area (Å²) >= 11 is 0. The highest BCUT2D eigenvalue weighted by molar-refractivity contribution is 7.47. The molecule has 3 atom stereocenters. The molecule has 3 unspecified atom stereocenters. The monoisotopic (exact) mass is 904 g/mol. The van der Waals surface area contributed by atoms with Crippen LogP contribution < -0.4 is 5.32 Å². The number of hydrogen-bond donors (Lipinski definition) is 4. The molecule has 4 N–H and O–H groups in total. The Morgan fingerprint density at radius 2 is 0.921 bits per heavy atom. The van der Waals surface area contributed by atoms with Crippen molar-refractivity contribution in [1.82, 2.24) is 5.32 Å². The molecule has 0 spiro atoms. The molecule has 63 heavy (non-hydrogen) atoms. The number of phosphoric ester groups is 1. The summed E-state index contributed by atoms with van der Waals surface area (Å²) in [5.41, 5.74) is 0. The number of rotatable bonds is 44. The molecule has 0 aliphatic heterocycles. The smallest absolute Gasteiger partial charge is 0.472 e. The van der Waals surface area contributed by atoms with E-state index in [4.69, 9.17) is 13.8 Å². The molecule has 0 saturated heterocycles. The lowest BCUT2D eigenvalue weighted by Crippen LogP contribution is -2.43. The first-order valence-corrected chi connectivity index (χ1v) is 25.6. The first-order chi connectivity index (χ1) is 30.6. The highest BCUT2D eigenvalue weighted by Gasteiger charge is 2.28. The average Bonchev–Trinajstić information content (AvgIpc) is 3.26. The Bertz CT molecular complexity index is 1390. The lowest BCUT2D eigenvalue weighted by atomic mass is 10.0. The number of allylic oxidation sites excluding steroid dienone is 14. The Balaban J connectivity index is 3.98. The van der Waals surface area contributed by atoms with E-state index in [1.807, 2.05) is 12.2 Å². The van der Waals surface area contributed by atoms with Gasteiger partial charge in [-0.15, -0.1) is 0 Å². The summed E-state index contributed by atoms with van der Waals surface area (Å²) in [4.78, 5) is 46.0. The van der Waals surface area contributed by atoms with Gasteiger partial charge in [0, 0.05) is 12.8 Å². The summed E-state index contributed by atoms with van der Waals surface area (Å²) in [5.74, 6) is -2.46. The third-order valence-corrected chi connectivity index (χ3v) is 10.9. The number of carbonyl (C=O) groups excluding carboxylic acids is 2. The van der Waals surface area contributed by atoms with Crippen molar-refractivity contribution in [1.29, 1.82) is 0 Å². The molecule has 0 fully saturated rings. The second-order valence-electron chi connectivity index (χ2n) is 15.9. The van der Waals surface area contributed by atoms with Crippen LogP contribution in [-0.2, 0) is 32.7 Å². The number of nitrogens with one attached hydrogen (secondary N) is 1. The van der Waals surface area contributed by atoms with Gasteiger partial charge in [0.05, 0.1) is 13.2 Å². The predicted molar refractivity (Wildman–Crippen MR) is 258 cm³/mol. The van der Waals surface area contributed by atoms with E-state index >= 15 is 0 Å². The molecule has 0 aromatic carbocycles. The van der Waals surface area contributed by atoms with Crippen molar-refractivity contribution in [3.05, 3.63) is 85.1 Å². The van der Waals surface area contributed by atoms with Gasteiger partial charge in [-0.05, 0) is 64.2 Å². The highest BCUT2D eigenvalue weighted by Crippen LogP contribution is 2.43. The van der Waals surface area contributed by atoms with E-state index < -0.39 is 57.6 Å². The third-order valence-electron chi connectivity index (χ3n) is 9.95. The van der Waals surface area contributed by atoms with Crippen LogP contribution in [0.25, 0.3) is 0 Å². The maximum absolute atomic E-state index is 12.3. The Hall–Kier alpha value is -3.34. The fourth-order valence-corrected chi connectivity index (χ4v) is 7.02. The van der Waals surface area contributed by atoms with Gasteiger partial charge in [-0.25, -0.2) is 9.36 Å². The fourth-order valence-electron chi connectivity index (χ4n) is 6.25. The molecular weight excluding hydrogens is 818 g/mol. The molecule has 0 aliphatic rings. The minimum absolute atomic E-state index is 0.0612. The van der Waals surface area contributed by atoms with E-state index in [1.54, 1.807) is 0 Å². The number of carboxylic acid groups (broad SMARTS) is 1. The molecule has 12 heteroatoms. The number of esters is 1. The van der Waals surface area contributed by atoms with Crippen molar-refractivity contribution < 1.29 is 47.8 Å². The Labute approximate surface area is 381 Å². The second kappa shape index (κ2) is 45.2. The Kier molecular flexibility index (Phi) is 42.8. The highest BCUT2D eigenvalue weighted by atomic mass is 31.2. The number of ether oxygens (including phenoxy) is 1. The maximum atomic E-state index is 12.3. The van der Waals surface area contributed by atoms with Gasteiger partial charge >= 0.3 is 19.8 Å². The van der Waals surface area contributed by atoms with Crippen molar-refractivity contribution in [2.45, 2.75) is 199 Å². The maximum Gasteiger partial charge on any atom is 0.472 e. The zero-order valence-corrected chi connectivity index (χ0v) is 40.0. The number of carbonyl (C=O) groups is 3. The van der Waals surface area contributed by atoms with E-state index in [9.17, 15) is 34.1 Å². The standard InChI is InChI=1S/C51H86NO10P/c1-3-5-7-9-11-13-15-17-19-21-22-23-24-25-26-27-28-30-32-34-36-38-40-42-49(54)52-48(51(56)57)46-62-63(58,59)61-45-47(53)44-60-50(55)43-41-39-37-35-33-31-29-20-18-16-14-12-10-8-6-4-2/h5,7,11,13,17,19,22-23,25-26,28,30,34,36,47-48,53H,3-4,6,8-10,12,14-16,18,20-21,24,27,29,31-33,35,37-46H2,1-2H3,(H,52,54)(H,56,57)(H,58,59)/b7-5-,13-11-,19-17-,23-22-,26-25-,30-28-,36-34-. The van der Waals surface area contributed by atoms with Crippen molar-refractivity contribution >= 4 is 25.7 Å². The predicted octanol–water partition coefficient (Wildman–Crippen LogP) is 13.1. The molecular formula is C51H86NO10P. The number of carboxylic acids is 1. The van der Waals surface area contributed by atoms with Crippen molar-refractivity contribution in [2.75, 3.05) is 19.8 Å². The second-order valence-corrected chi connectivity index (χ2v) is 17.4. The number of amides is 1. The van der Waals surface area contributed by atoms with Crippen LogP contribution in [0.3, 0.4) is 0 Å². The van der Waals surface area contributed by atoms with Gasteiger partial charge in [-0.2, -0.15) is 0 Å². The van der Waals surface area contributed by atoms with Crippen molar-refractivity contribution in [3.63, 3.8) is 0 Å². The van der Waals surface area contributed by atoms with E-state index in [0.717, 1.165) is 64.2 Å². The Morgan fingerprint density at radius 1 is 0.524 bits per heavy atom. The molecule has 0 aliphatic carbocycles. The first kappa shape index (κ1) is 59.7. The van der Waals surface area contributed by atoms with Crippen molar-refractivity contribution in [2.24, 2.45) is 0 Å². The van der Waals surface area contributed by atoms with E-state index in [-0.39, 0.29) is 12.8 Å². The molecule has 0 aromatic rings. The van der Waals surface area contributed by atoms with Crippen LogP contribution in [0.1, 0.15) is 187 Å². The van der Waals surface area contributed by atoms with Crippen LogP contribution >= 0.6 is 7.82 Å². The summed E-state index contributed by atoms with van der Waals surface area (Å²) in [5, 5.41) is 21.8. The molecule has 0 radical (unpaired) electrons. The van der Waals surface area contributed by atoms with Crippen LogP contribution in [-0.4, -0.2) is 64.9 Å². The third kappa shape index (κ3) is 45.0. The zero-order valence-electron chi connectivity index (χ0n) is 39.1. The summed E-state index contributed by atoms with van der Waals surface area (Å²) in [6, 6.07) is -1.58. The van der Waals surface area contributed by atoms with Crippen LogP contribution in [0.5, 0.6) is 0 Å². The Morgan fingerprint density at radius 3 is 1.35 bits per heavy atom. The van der Waals surface area contributed by atoms with Gasteiger partial charge in [-0.3, -0.25) is 18.6 Å². The molecule has 360 valence electrons. The molecule has 0 saturated carbocycles. The van der Waals surface area contributed by atoms with Crippen LogP contribution in [0.2, 0.25) is 0 Å². The van der Waals surface area contributed by atoms with E-state index in [0.29, 0.717) is 19.3 Å². The van der Waals surface area contributed by atoms with Crippen molar-refractivity contribution in [3.8, 4) is 0 Å². The largest absolute Gasteiger partial charge is 0.480 e. The number of unbranched alkanes of at least 4 members (excludes halogenated alkanes) is 16. The molecule has 0 aromatic heterocycles. The quantitative estimate of drug-likeness (QED) is 0.0200. The van der Waals surface area contributed by atoms with E-state index in [2.05, 4.69) is 92.1 Å². The number of phosphoric acid groups is 1. The summed E-state index contributed by atoms with van der Waals surface area (Å²) in [7, 11) is -4.78. The van der Waals surface area contributed by atoms with Gasteiger partial charge in [-0.1, -0.05) is 195 Å². The summed E-state index contributed by atoms with van der Waals surface area (Å²) < 4.78 is 26.9. The summed E-state index contributed by atoms with van der Waals surface area (Å²) in [6.45, 7) is 2.45. The van der Waals surface area contributed by atoms with Gasteiger partial charge in [0.15, 0.2) is 6.04 Å². The zero-order chi connectivity index (χ0) is 46.3. The molecule has 1 amide bonds. The SMILES string of the molecule is CC/C=C\C/C=C\C/C=C\C/C=C\C/C=C\C/C=C\C/C=C\CCCC(=O)NC(COP(=O)(O)OCC(O)COC(=O)CCCCCCCCCCCCCCCCCC)C(=O)O. The lowest BCUT2D eigenvalue weighted by molar-refractivity contribution is -0.147. The number of hydrogen-bond acceptors (Lipinski definition) is 8. The fraction of sp³-hybridized carbons (Fsp3) is 0.667. The lowest BCUT2D eigenvalue weighted by Gasteiger charge is -2.18. The first-order valence-electron chi connectivity index (χ1n) is 24.1. The minimum atomic E-state index is -4.78. The minimum Gasteiger partial charge on any atom is -0.480 e. The van der Waals surface area contributed by atoms with Gasteiger partial charge in [0.2, 0.25) is 5.91 Å². The van der Waals surface area contributed by atoms with Crippen LogP contribution in [0, 0.1) is 0 Å². The number of aliphatic hydroxyl groups is 1. The van der Waals surface area contributed by atoms with Gasteiger partial charge in [0.25, 0.3) is 0 Å². The molecule has 0 bridgehead atoms. The van der Waals surface area contributed by atoms with Gasteiger partial charge in [0.1, 0.15) is 12.7 Å². The normalized spacial score (nSPS) is 14.3. The van der Waals surface area contributed by atoms with E-state index in [1.165, 1.54) is 77.0 Å². The van der Waals surface area contributed by atoms with Crippen LogP contribution in [0.4, 0.5) is 0 Å². The molecule has 0 heterocycles. The average molecular weight is 904 g/mol. The number of aliphatic carboxylic acids is 1. The molecule has 11 nitrogen and oxygen atoms in total. The molecule has 0 rings (SSSR count). The topological polar surface area (TPSA) is 169 Å².